The molecule has 1 saturated carbocycles. The van der Waals surface area contributed by atoms with Gasteiger partial charge in [-0.2, -0.15) is 5.10 Å². The highest BCUT2D eigenvalue weighted by Crippen LogP contribution is 2.23. The van der Waals surface area contributed by atoms with E-state index in [0.717, 1.165) is 31.2 Å². The molecule has 1 aromatic heterocycles. The fourth-order valence-electron chi connectivity index (χ4n) is 2.85. The molecule has 6 nitrogen and oxygen atoms in total. The minimum atomic E-state index is -0.399. The minimum Gasteiger partial charge on any atom is -0.273 e. The number of amides is 2. The summed E-state index contributed by atoms with van der Waals surface area (Å²) in [5, 5.41) is 6.82. The number of H-pyrrole nitrogens is 1. The Morgan fingerprint density at radius 2 is 1.78 bits per heavy atom. The van der Waals surface area contributed by atoms with Crippen molar-refractivity contribution in [3.63, 3.8) is 0 Å². The molecular formula is C17H20N4O2. The molecule has 3 N–H and O–H groups in total. The molecule has 1 heterocycles. The van der Waals surface area contributed by atoms with E-state index in [1.54, 1.807) is 6.07 Å². The molecule has 120 valence electrons. The summed E-state index contributed by atoms with van der Waals surface area (Å²) in [6, 6.07) is 11.2. The van der Waals surface area contributed by atoms with E-state index in [4.69, 9.17) is 0 Å². The third kappa shape index (κ3) is 3.77. The Labute approximate surface area is 134 Å². The molecule has 0 aliphatic heterocycles. The number of hydrogen-bond acceptors (Lipinski definition) is 3. The second-order valence-electron chi connectivity index (χ2n) is 5.81. The average Bonchev–Trinajstić information content (AvgIpc) is 3.11. The van der Waals surface area contributed by atoms with Crippen molar-refractivity contribution in [3.05, 3.63) is 42.1 Å². The number of carbonyl (C=O) groups excluding carboxylic acids is 2. The smallest absolute Gasteiger partial charge is 0.273 e. The third-order valence-electron chi connectivity index (χ3n) is 4.17. The number of rotatable bonds is 3. The van der Waals surface area contributed by atoms with Crippen LogP contribution in [0.1, 0.15) is 42.6 Å². The van der Waals surface area contributed by atoms with Crippen molar-refractivity contribution in [2.45, 2.75) is 32.1 Å². The van der Waals surface area contributed by atoms with Gasteiger partial charge in [0.15, 0.2) is 0 Å². The van der Waals surface area contributed by atoms with Crippen molar-refractivity contribution in [2.75, 3.05) is 0 Å². The molecule has 1 fully saturated rings. The quantitative estimate of drug-likeness (QED) is 0.761. The summed E-state index contributed by atoms with van der Waals surface area (Å²) >= 11 is 0. The molecule has 0 unspecified atom stereocenters. The van der Waals surface area contributed by atoms with E-state index in [1.807, 2.05) is 30.3 Å². The number of hydrogen-bond donors (Lipinski definition) is 3. The van der Waals surface area contributed by atoms with Crippen LogP contribution >= 0.6 is 0 Å². The first kappa shape index (κ1) is 15.3. The average molecular weight is 312 g/mol. The number of benzene rings is 1. The number of hydrazine groups is 1. The first-order valence-electron chi connectivity index (χ1n) is 7.95. The Hall–Kier alpha value is -2.63. The van der Waals surface area contributed by atoms with Crippen molar-refractivity contribution < 1.29 is 9.59 Å². The first-order valence-corrected chi connectivity index (χ1v) is 7.95. The molecule has 6 heteroatoms. The van der Waals surface area contributed by atoms with Gasteiger partial charge in [-0.3, -0.25) is 25.5 Å². The van der Waals surface area contributed by atoms with Gasteiger partial charge < -0.3 is 0 Å². The highest BCUT2D eigenvalue weighted by atomic mass is 16.2. The van der Waals surface area contributed by atoms with Gasteiger partial charge in [-0.25, -0.2) is 0 Å². The van der Waals surface area contributed by atoms with Crippen LogP contribution in [0.25, 0.3) is 11.3 Å². The minimum absolute atomic E-state index is 0.00527. The number of nitrogens with one attached hydrogen (secondary N) is 3. The molecule has 0 bridgehead atoms. The fourth-order valence-corrected chi connectivity index (χ4v) is 2.85. The van der Waals surface area contributed by atoms with Crippen LogP contribution in [-0.4, -0.2) is 22.0 Å². The summed E-state index contributed by atoms with van der Waals surface area (Å²) in [5.41, 5.74) is 6.89. The van der Waals surface area contributed by atoms with E-state index in [1.165, 1.54) is 6.42 Å². The summed E-state index contributed by atoms with van der Waals surface area (Å²) in [4.78, 5) is 24.1. The van der Waals surface area contributed by atoms with Crippen LogP contribution in [0.3, 0.4) is 0 Å². The molecule has 23 heavy (non-hydrogen) atoms. The summed E-state index contributed by atoms with van der Waals surface area (Å²) in [6.07, 6.45) is 5.13. The van der Waals surface area contributed by atoms with Gasteiger partial charge in [0.25, 0.3) is 5.91 Å². The monoisotopic (exact) mass is 312 g/mol. The Kier molecular flexibility index (Phi) is 4.71. The van der Waals surface area contributed by atoms with E-state index in [2.05, 4.69) is 21.0 Å². The normalized spacial score (nSPS) is 15.1. The predicted octanol–water partition coefficient (Wildman–Crippen LogP) is 2.42. The highest BCUT2D eigenvalue weighted by Gasteiger charge is 2.21. The summed E-state index contributed by atoms with van der Waals surface area (Å²) in [7, 11) is 0. The summed E-state index contributed by atoms with van der Waals surface area (Å²) in [5.74, 6) is -0.504. The van der Waals surface area contributed by atoms with E-state index in [-0.39, 0.29) is 11.8 Å². The van der Waals surface area contributed by atoms with Crippen molar-refractivity contribution in [3.8, 4) is 11.3 Å². The maximum atomic E-state index is 12.1. The Morgan fingerprint density at radius 3 is 2.52 bits per heavy atom. The fraction of sp³-hybridized carbons (Fsp3) is 0.353. The molecule has 1 aliphatic carbocycles. The van der Waals surface area contributed by atoms with E-state index in [9.17, 15) is 9.59 Å². The number of aromatic amines is 1. The molecule has 1 aromatic carbocycles. The molecule has 0 atom stereocenters. The van der Waals surface area contributed by atoms with Gasteiger partial charge in [-0.05, 0) is 18.9 Å². The summed E-state index contributed by atoms with van der Waals surface area (Å²) < 4.78 is 0. The lowest BCUT2D eigenvalue weighted by Crippen LogP contribution is -2.45. The van der Waals surface area contributed by atoms with Gasteiger partial charge in [0.2, 0.25) is 5.91 Å². The topological polar surface area (TPSA) is 86.9 Å². The third-order valence-corrected chi connectivity index (χ3v) is 4.17. The largest absolute Gasteiger partial charge is 0.287 e. The molecular weight excluding hydrogens is 292 g/mol. The molecule has 1 aliphatic rings. The maximum absolute atomic E-state index is 12.1. The molecule has 0 saturated heterocycles. The van der Waals surface area contributed by atoms with Crippen LogP contribution in [0.15, 0.2) is 36.4 Å². The van der Waals surface area contributed by atoms with E-state index in [0.29, 0.717) is 11.4 Å². The van der Waals surface area contributed by atoms with Crippen LogP contribution in [0.2, 0.25) is 0 Å². The Morgan fingerprint density at radius 1 is 1.04 bits per heavy atom. The van der Waals surface area contributed by atoms with Gasteiger partial charge in [0.1, 0.15) is 5.69 Å². The van der Waals surface area contributed by atoms with Gasteiger partial charge in [-0.15, -0.1) is 0 Å². The van der Waals surface area contributed by atoms with E-state index < -0.39 is 5.91 Å². The zero-order chi connectivity index (χ0) is 16.1. The van der Waals surface area contributed by atoms with Crippen molar-refractivity contribution in [1.29, 1.82) is 0 Å². The van der Waals surface area contributed by atoms with Crippen molar-refractivity contribution in [2.24, 2.45) is 5.92 Å². The molecule has 2 aromatic rings. The maximum Gasteiger partial charge on any atom is 0.287 e. The van der Waals surface area contributed by atoms with Gasteiger partial charge in [-0.1, -0.05) is 49.6 Å². The Bertz CT molecular complexity index is 675. The van der Waals surface area contributed by atoms with Crippen LogP contribution in [-0.2, 0) is 4.79 Å². The number of carbonyl (C=O) groups is 2. The van der Waals surface area contributed by atoms with Gasteiger partial charge in [0.05, 0.1) is 5.69 Å². The highest BCUT2D eigenvalue weighted by molar-refractivity contribution is 5.94. The second kappa shape index (κ2) is 7.09. The van der Waals surface area contributed by atoms with E-state index >= 15 is 0 Å². The zero-order valence-corrected chi connectivity index (χ0v) is 12.8. The Balaban J connectivity index is 1.56. The number of nitrogens with zero attached hydrogens (tertiary/aromatic N) is 1. The molecule has 0 spiro atoms. The molecule has 3 rings (SSSR count). The van der Waals surface area contributed by atoms with Crippen LogP contribution in [0, 0.1) is 5.92 Å². The van der Waals surface area contributed by atoms with Gasteiger partial charge >= 0.3 is 0 Å². The van der Waals surface area contributed by atoms with Crippen LogP contribution < -0.4 is 10.9 Å². The number of aromatic nitrogens is 2. The van der Waals surface area contributed by atoms with Crippen LogP contribution in [0.4, 0.5) is 0 Å². The zero-order valence-electron chi connectivity index (χ0n) is 12.8. The van der Waals surface area contributed by atoms with Crippen molar-refractivity contribution in [1.82, 2.24) is 21.0 Å². The SMILES string of the molecule is O=C(NNC(=O)C1CCCCC1)c1cc(-c2ccccc2)n[nH]1. The predicted molar refractivity (Wildman–Crippen MR) is 86.2 cm³/mol. The lowest BCUT2D eigenvalue weighted by Gasteiger charge is -2.20. The summed E-state index contributed by atoms with van der Waals surface area (Å²) in [6.45, 7) is 0. The van der Waals surface area contributed by atoms with Gasteiger partial charge in [0, 0.05) is 11.5 Å². The first-order chi connectivity index (χ1) is 11.2. The molecule has 0 radical (unpaired) electrons. The standard InChI is InChI=1S/C17H20N4O2/c22-16(13-9-5-2-6-10-13)20-21-17(23)15-11-14(18-19-15)12-7-3-1-4-8-12/h1,3-4,7-8,11,13H,2,5-6,9-10H2,(H,18,19)(H,20,22)(H,21,23). The lowest BCUT2D eigenvalue weighted by molar-refractivity contribution is -0.126. The second-order valence-corrected chi connectivity index (χ2v) is 5.81. The molecule has 2 amide bonds. The van der Waals surface area contributed by atoms with Crippen molar-refractivity contribution >= 4 is 11.8 Å². The van der Waals surface area contributed by atoms with Crippen LogP contribution in [0.5, 0.6) is 0 Å². The lowest BCUT2D eigenvalue weighted by atomic mass is 9.89.